The van der Waals surface area contributed by atoms with Crippen molar-refractivity contribution in [3.8, 4) is 22.9 Å². The van der Waals surface area contributed by atoms with Crippen molar-refractivity contribution in [2.75, 3.05) is 62.2 Å². The van der Waals surface area contributed by atoms with E-state index in [0.717, 1.165) is 22.2 Å². The lowest BCUT2D eigenvalue weighted by atomic mass is 10.2. The van der Waals surface area contributed by atoms with E-state index in [4.69, 9.17) is 23.0 Å². The topological polar surface area (TPSA) is 398 Å². The average Bonchev–Trinajstić information content (AvgIpc) is 1.60. The summed E-state index contributed by atoms with van der Waals surface area (Å²) in [6, 6.07) is 11.4. The number of imidazole rings is 2. The number of hydrogen-bond donors (Lipinski definition) is 1. The zero-order chi connectivity index (χ0) is 65.9. The monoisotopic (exact) mass is 1250 g/mol. The zero-order valence-electron chi connectivity index (χ0n) is 51.7. The highest BCUT2D eigenvalue weighted by atomic mass is 16.8. The summed E-state index contributed by atoms with van der Waals surface area (Å²) < 4.78 is 38.9. The molecule has 2 fully saturated rings. The molecular weight excluding hydrogens is 1180 g/mol. The molecule has 0 bridgehead atoms. The van der Waals surface area contributed by atoms with Crippen molar-refractivity contribution in [1.82, 2.24) is 68.0 Å². The van der Waals surface area contributed by atoms with Crippen LogP contribution < -0.4 is 37.6 Å². The average molecular weight is 1250 g/mol. The van der Waals surface area contributed by atoms with E-state index in [1.807, 2.05) is 9.80 Å². The van der Waals surface area contributed by atoms with Gasteiger partial charge in [0.2, 0.25) is 35.5 Å². The molecule has 0 aliphatic carbocycles. The van der Waals surface area contributed by atoms with E-state index in [2.05, 4.69) is 40.4 Å². The first-order valence-corrected chi connectivity index (χ1v) is 28.0. The van der Waals surface area contributed by atoms with Crippen LogP contribution in [0.2, 0.25) is 0 Å². The number of nitrogens with one attached hydrogen (secondary N) is 1. The van der Waals surface area contributed by atoms with E-state index in [1.54, 1.807) is 83.4 Å². The van der Waals surface area contributed by atoms with Gasteiger partial charge in [0.1, 0.15) is 29.9 Å². The SMILES string of the molecule is CC(C)(C)OC(=O)OC(=O)OC(C)(C)C.Cn1c(=O)c2c(nc(N3CCN(C(=O)OC(C)(C)C)CC3)n2Cc2nnc(-c3ccc([N+](=O)[O-])cc3)o2)n(C)c1=O.Cn1c(=O)c2c(nc(N3CCNCC3)n2Cc2nnc(-c3ccc([N+](=O)[O-])cc3)o2)n(C)c1=O. The van der Waals surface area contributed by atoms with Crippen LogP contribution in [-0.2, 0) is 60.2 Å². The smallest absolute Gasteiger partial charge is 0.444 e. The van der Waals surface area contributed by atoms with Crippen molar-refractivity contribution in [3.05, 3.63) is 122 Å². The van der Waals surface area contributed by atoms with Gasteiger partial charge in [0, 0.05) is 116 Å². The predicted octanol–water partition coefficient (Wildman–Crippen LogP) is 4.22. The van der Waals surface area contributed by atoms with Gasteiger partial charge in [-0.3, -0.25) is 57.2 Å². The molecule has 2 saturated heterocycles. The largest absolute Gasteiger partial charge is 0.519 e. The molecule has 1 N–H and O–H groups in total. The first-order valence-electron chi connectivity index (χ1n) is 28.0. The minimum absolute atomic E-state index is 0.0362. The second-order valence-corrected chi connectivity index (χ2v) is 23.6. The first-order chi connectivity index (χ1) is 42.2. The number of aryl methyl sites for hydroxylation is 2. The summed E-state index contributed by atoms with van der Waals surface area (Å²) in [4.78, 5) is 122. The Bertz CT molecular complexity index is 4220. The number of ether oxygens (including phenoxy) is 4. The number of benzene rings is 2. The summed E-state index contributed by atoms with van der Waals surface area (Å²) in [7, 11) is 5.92. The second-order valence-electron chi connectivity index (χ2n) is 23.6. The number of nitro groups is 2. The van der Waals surface area contributed by atoms with Crippen molar-refractivity contribution >= 4 is 64.0 Å². The lowest BCUT2D eigenvalue weighted by Gasteiger charge is -2.36. The fraction of sp³-hybridized carbons (Fsp3) is 0.473. The Labute approximate surface area is 510 Å². The molecule has 2 aliphatic rings. The molecule has 1 amide bonds. The number of carbonyl (C=O) groups is 3. The summed E-state index contributed by atoms with van der Waals surface area (Å²) in [5.41, 5.74) is -2.21. The number of nitro benzene ring substituents is 2. The van der Waals surface area contributed by atoms with Gasteiger partial charge in [0.05, 0.1) is 9.85 Å². The highest BCUT2D eigenvalue weighted by molar-refractivity contribution is 5.78. The van der Waals surface area contributed by atoms with Crippen LogP contribution >= 0.6 is 0 Å². The number of aromatic nitrogens is 12. The maximum Gasteiger partial charge on any atom is 0.519 e. The lowest BCUT2D eigenvalue weighted by Crippen LogP contribution is -2.50. The van der Waals surface area contributed by atoms with Crippen LogP contribution in [0.4, 0.5) is 37.7 Å². The molecule has 480 valence electrons. The number of amides is 1. The number of carbonyl (C=O) groups excluding carboxylic acids is 3. The molecule has 6 aromatic heterocycles. The Hall–Kier alpha value is -10.6. The fourth-order valence-corrected chi connectivity index (χ4v) is 9.13. The van der Waals surface area contributed by atoms with Gasteiger partial charge in [0.25, 0.3) is 22.5 Å². The highest BCUT2D eigenvalue weighted by Crippen LogP contribution is 2.28. The molecule has 2 aliphatic heterocycles. The van der Waals surface area contributed by atoms with Gasteiger partial charge in [-0.2, -0.15) is 9.97 Å². The molecule has 90 heavy (non-hydrogen) atoms. The number of hydrogen-bond acceptors (Lipinski definition) is 26. The lowest BCUT2D eigenvalue weighted by molar-refractivity contribution is -0.385. The molecular formula is C55H68N18O17. The summed E-state index contributed by atoms with van der Waals surface area (Å²) >= 11 is 0. The van der Waals surface area contributed by atoms with E-state index < -0.39 is 67.6 Å². The standard InChI is InChI=1S/C25H29N9O7.C20H21N9O5.C10H18O5/c1-25(2,3)41-24(37)32-12-10-31(11-13-32)22-26-19-18(21(35)30(5)23(36)29(19)4)33(22)14-17-27-28-20(40-17)15-6-8-16(9-7-15)34(38)39;1-25-16-15(18(30)26(2)20(25)31)28(19(22-16)27-9-7-21-8-10-27)11-14-23-24-17(34-14)12-3-5-13(6-4-12)29(32)33;1-9(2,3)14-7(11)13-8(12)15-10(4,5)6/h6-9H,10-14H2,1-5H3;3-6,21H,7-11H2,1-2H3;1-6H3. The Kier molecular flexibility index (Phi) is 18.9. The van der Waals surface area contributed by atoms with Crippen molar-refractivity contribution < 1.29 is 52.0 Å². The molecule has 35 nitrogen and oxygen atoms in total. The van der Waals surface area contributed by atoms with Crippen LogP contribution in [-0.4, -0.2) is 160 Å². The van der Waals surface area contributed by atoms with E-state index in [1.165, 1.54) is 78.8 Å². The van der Waals surface area contributed by atoms with E-state index in [0.29, 0.717) is 62.3 Å². The van der Waals surface area contributed by atoms with Gasteiger partial charge in [-0.25, -0.2) is 24.0 Å². The summed E-state index contributed by atoms with van der Waals surface area (Å²) in [6.07, 6.45) is -2.53. The molecule has 0 atom stereocenters. The molecule has 35 heteroatoms. The number of nitrogens with zero attached hydrogens (tertiary/aromatic N) is 17. The number of non-ortho nitro benzene ring substituents is 2. The summed E-state index contributed by atoms with van der Waals surface area (Å²) in [5, 5.41) is 41.5. The third kappa shape index (κ3) is 15.2. The highest BCUT2D eigenvalue weighted by Gasteiger charge is 2.32. The number of rotatable bonds is 10. The van der Waals surface area contributed by atoms with Crippen molar-refractivity contribution in [2.24, 2.45) is 28.2 Å². The fourth-order valence-electron chi connectivity index (χ4n) is 9.13. The summed E-state index contributed by atoms with van der Waals surface area (Å²) in [5.74, 6) is 1.65. The van der Waals surface area contributed by atoms with Gasteiger partial charge in [-0.05, 0) is 86.6 Å². The predicted molar refractivity (Wildman–Crippen MR) is 320 cm³/mol. The van der Waals surface area contributed by atoms with Gasteiger partial charge >= 0.3 is 29.8 Å². The first kappa shape index (κ1) is 65.4. The normalized spacial score (nSPS) is 13.7. The molecule has 2 aromatic carbocycles. The van der Waals surface area contributed by atoms with E-state index in [-0.39, 0.29) is 70.4 Å². The van der Waals surface area contributed by atoms with Crippen LogP contribution in [0, 0.1) is 20.2 Å². The van der Waals surface area contributed by atoms with E-state index in [9.17, 15) is 53.8 Å². The quantitative estimate of drug-likeness (QED) is 0.0658. The Morgan fingerprint density at radius 1 is 0.533 bits per heavy atom. The maximum absolute atomic E-state index is 13.3. The van der Waals surface area contributed by atoms with Gasteiger partial charge in [-0.15, -0.1) is 20.4 Å². The molecule has 8 heterocycles. The van der Waals surface area contributed by atoms with Crippen molar-refractivity contribution in [1.29, 1.82) is 0 Å². The Balaban J connectivity index is 0.000000192. The Morgan fingerprint density at radius 3 is 1.26 bits per heavy atom. The van der Waals surface area contributed by atoms with Crippen LogP contribution in [0.3, 0.4) is 0 Å². The number of anilines is 2. The molecule has 8 aromatic rings. The van der Waals surface area contributed by atoms with Crippen molar-refractivity contribution in [2.45, 2.75) is 92.2 Å². The third-order valence-corrected chi connectivity index (χ3v) is 13.4. The maximum atomic E-state index is 13.3. The van der Waals surface area contributed by atoms with Gasteiger partial charge < -0.3 is 47.8 Å². The zero-order valence-corrected chi connectivity index (χ0v) is 51.7. The second kappa shape index (κ2) is 26.0. The Morgan fingerprint density at radius 2 is 0.900 bits per heavy atom. The minimum Gasteiger partial charge on any atom is -0.444 e. The van der Waals surface area contributed by atoms with Gasteiger partial charge in [-0.1, -0.05) is 0 Å². The molecule has 10 rings (SSSR count). The van der Waals surface area contributed by atoms with Gasteiger partial charge in [0.15, 0.2) is 22.3 Å². The minimum atomic E-state index is -1.06. The van der Waals surface area contributed by atoms with Crippen LogP contribution in [0.1, 0.15) is 74.1 Å². The van der Waals surface area contributed by atoms with E-state index >= 15 is 0 Å². The summed E-state index contributed by atoms with van der Waals surface area (Å²) in [6.45, 7) is 19.8. The number of fused-ring (bicyclic) bond motifs is 2. The molecule has 0 spiro atoms. The van der Waals surface area contributed by atoms with Crippen LogP contribution in [0.25, 0.3) is 45.2 Å². The molecule has 0 radical (unpaired) electrons. The molecule has 0 saturated carbocycles. The van der Waals surface area contributed by atoms with Crippen molar-refractivity contribution in [3.63, 3.8) is 0 Å². The van der Waals surface area contributed by atoms with Crippen LogP contribution in [0.5, 0.6) is 0 Å². The molecule has 0 unspecified atom stereocenters. The third-order valence-electron chi connectivity index (χ3n) is 13.4. The van der Waals surface area contributed by atoms with Crippen LogP contribution in [0.15, 0.2) is 76.5 Å². The number of piperazine rings is 2.